The van der Waals surface area contributed by atoms with Crippen molar-refractivity contribution in [2.75, 3.05) is 5.32 Å². The predicted octanol–water partition coefficient (Wildman–Crippen LogP) is 4.31. The molecule has 0 spiro atoms. The summed E-state index contributed by atoms with van der Waals surface area (Å²) in [7, 11) is -3.58. The fourth-order valence-corrected chi connectivity index (χ4v) is 7.93. The molecule has 2 N–H and O–H groups in total. The Morgan fingerprint density at radius 3 is 2.07 bits per heavy atom. The Hall–Kier alpha value is -1.40. The van der Waals surface area contributed by atoms with Gasteiger partial charge in [0.25, 0.3) is 0 Å². The molecular formula is C22H32N2O3S. The summed E-state index contributed by atoms with van der Waals surface area (Å²) in [5.74, 6) is 2.23. The molecule has 4 bridgehead atoms. The standard InChI is InChI=1S/C22H32N2O3S/c1-3-4-21(22-12-16-9-17(13-22)11-18(10-16)14-22)24-28(26,27)20-7-5-19(6-8-20)23-15(2)25/h5-8,16-18,21,24H,3-4,9-14H2,1-2H3,(H,23,25). The van der Waals surface area contributed by atoms with E-state index in [1.807, 2.05) is 0 Å². The van der Waals surface area contributed by atoms with Crippen LogP contribution in [0.15, 0.2) is 29.2 Å². The van der Waals surface area contributed by atoms with Crippen molar-refractivity contribution in [3.8, 4) is 0 Å². The molecule has 1 amide bonds. The van der Waals surface area contributed by atoms with Gasteiger partial charge < -0.3 is 5.32 Å². The molecule has 0 heterocycles. The van der Waals surface area contributed by atoms with Crippen LogP contribution >= 0.6 is 0 Å². The van der Waals surface area contributed by atoms with E-state index in [-0.39, 0.29) is 22.3 Å². The topological polar surface area (TPSA) is 75.3 Å². The molecule has 1 atom stereocenters. The molecule has 1 aromatic carbocycles. The van der Waals surface area contributed by atoms with Crippen LogP contribution in [0.2, 0.25) is 0 Å². The van der Waals surface area contributed by atoms with Crippen molar-refractivity contribution in [1.82, 2.24) is 4.72 Å². The highest BCUT2D eigenvalue weighted by atomic mass is 32.2. The third kappa shape index (κ3) is 3.86. The highest BCUT2D eigenvalue weighted by Crippen LogP contribution is 2.61. The Morgan fingerprint density at radius 2 is 1.61 bits per heavy atom. The zero-order chi connectivity index (χ0) is 19.9. The molecule has 1 unspecified atom stereocenters. The lowest BCUT2D eigenvalue weighted by Crippen LogP contribution is -2.56. The maximum absolute atomic E-state index is 13.1. The van der Waals surface area contributed by atoms with Crippen molar-refractivity contribution in [1.29, 1.82) is 0 Å². The van der Waals surface area contributed by atoms with E-state index < -0.39 is 10.0 Å². The summed E-state index contributed by atoms with van der Waals surface area (Å²) in [6.45, 7) is 3.58. The summed E-state index contributed by atoms with van der Waals surface area (Å²) in [6, 6.07) is 6.48. The number of rotatable bonds is 7. The number of hydrogen-bond donors (Lipinski definition) is 2. The molecule has 6 heteroatoms. The number of carbonyl (C=O) groups is 1. The van der Waals surface area contributed by atoms with Gasteiger partial charge in [-0.15, -0.1) is 0 Å². The summed E-state index contributed by atoms with van der Waals surface area (Å²) in [5.41, 5.74) is 0.756. The Bertz CT molecular complexity index is 797. The van der Waals surface area contributed by atoms with E-state index in [9.17, 15) is 13.2 Å². The quantitative estimate of drug-likeness (QED) is 0.711. The van der Waals surface area contributed by atoms with Gasteiger partial charge in [-0.2, -0.15) is 0 Å². The SMILES string of the molecule is CCCC(NS(=O)(=O)c1ccc(NC(C)=O)cc1)C12CC3CC(CC(C3)C1)C2. The van der Waals surface area contributed by atoms with Gasteiger partial charge >= 0.3 is 0 Å². The highest BCUT2D eigenvalue weighted by molar-refractivity contribution is 7.89. The lowest BCUT2D eigenvalue weighted by Gasteiger charge is -2.59. The molecule has 154 valence electrons. The number of sulfonamides is 1. The highest BCUT2D eigenvalue weighted by Gasteiger charge is 2.54. The maximum atomic E-state index is 13.1. The molecule has 5 rings (SSSR count). The predicted molar refractivity (Wildman–Crippen MR) is 110 cm³/mol. The van der Waals surface area contributed by atoms with E-state index in [1.54, 1.807) is 24.3 Å². The first-order chi connectivity index (χ1) is 13.3. The van der Waals surface area contributed by atoms with Crippen LogP contribution in [0.3, 0.4) is 0 Å². The first kappa shape index (κ1) is 19.9. The van der Waals surface area contributed by atoms with Crippen LogP contribution in [0.25, 0.3) is 0 Å². The number of hydrogen-bond acceptors (Lipinski definition) is 3. The van der Waals surface area contributed by atoms with Crippen LogP contribution in [0, 0.1) is 23.2 Å². The van der Waals surface area contributed by atoms with Crippen LogP contribution < -0.4 is 10.0 Å². The number of carbonyl (C=O) groups excluding carboxylic acids is 1. The van der Waals surface area contributed by atoms with E-state index in [0.29, 0.717) is 5.69 Å². The van der Waals surface area contributed by atoms with E-state index in [0.717, 1.165) is 30.6 Å². The van der Waals surface area contributed by atoms with Crippen molar-refractivity contribution in [3.05, 3.63) is 24.3 Å². The fraction of sp³-hybridized carbons (Fsp3) is 0.682. The minimum Gasteiger partial charge on any atom is -0.326 e. The van der Waals surface area contributed by atoms with E-state index in [1.165, 1.54) is 45.4 Å². The lowest BCUT2D eigenvalue weighted by atomic mass is 9.47. The second-order valence-electron chi connectivity index (χ2n) is 9.45. The second kappa shape index (κ2) is 7.45. The van der Waals surface area contributed by atoms with Gasteiger partial charge in [-0.25, -0.2) is 13.1 Å². The monoisotopic (exact) mass is 404 g/mol. The minimum absolute atomic E-state index is 0.0194. The van der Waals surface area contributed by atoms with Gasteiger partial charge in [0.1, 0.15) is 0 Å². The maximum Gasteiger partial charge on any atom is 0.240 e. The smallest absolute Gasteiger partial charge is 0.240 e. The van der Waals surface area contributed by atoms with Crippen LogP contribution in [-0.2, 0) is 14.8 Å². The Morgan fingerprint density at radius 1 is 1.07 bits per heavy atom. The fourth-order valence-electron chi connectivity index (χ4n) is 6.56. The molecule has 4 aliphatic carbocycles. The van der Waals surface area contributed by atoms with Gasteiger partial charge in [-0.1, -0.05) is 13.3 Å². The molecular weight excluding hydrogens is 372 g/mol. The molecule has 4 fully saturated rings. The van der Waals surface area contributed by atoms with Gasteiger partial charge in [0.15, 0.2) is 0 Å². The number of amides is 1. The average Bonchev–Trinajstić information content (AvgIpc) is 2.60. The van der Waals surface area contributed by atoms with Gasteiger partial charge in [0.2, 0.25) is 15.9 Å². The number of benzene rings is 1. The molecule has 1 aromatic rings. The van der Waals surface area contributed by atoms with Gasteiger partial charge in [-0.3, -0.25) is 4.79 Å². The second-order valence-corrected chi connectivity index (χ2v) is 11.2. The summed E-state index contributed by atoms with van der Waals surface area (Å²) >= 11 is 0. The van der Waals surface area contributed by atoms with Crippen molar-refractivity contribution in [2.45, 2.75) is 76.2 Å². The molecule has 0 aliphatic heterocycles. The minimum atomic E-state index is -3.58. The summed E-state index contributed by atoms with van der Waals surface area (Å²) in [5, 5.41) is 2.68. The van der Waals surface area contributed by atoms with Crippen molar-refractivity contribution < 1.29 is 13.2 Å². The zero-order valence-electron chi connectivity index (χ0n) is 16.9. The molecule has 0 aromatic heterocycles. The largest absolute Gasteiger partial charge is 0.326 e. The Kier molecular flexibility index (Phi) is 5.29. The number of nitrogens with one attached hydrogen (secondary N) is 2. The molecule has 0 saturated heterocycles. The van der Waals surface area contributed by atoms with E-state index >= 15 is 0 Å². The molecule has 28 heavy (non-hydrogen) atoms. The van der Waals surface area contributed by atoms with E-state index in [4.69, 9.17) is 0 Å². The summed E-state index contributed by atoms with van der Waals surface area (Å²) in [4.78, 5) is 11.4. The van der Waals surface area contributed by atoms with Gasteiger partial charge in [0.05, 0.1) is 4.90 Å². The van der Waals surface area contributed by atoms with Crippen LogP contribution in [-0.4, -0.2) is 20.4 Å². The van der Waals surface area contributed by atoms with Crippen molar-refractivity contribution in [2.24, 2.45) is 23.2 Å². The third-order valence-corrected chi connectivity index (χ3v) is 8.67. The van der Waals surface area contributed by atoms with E-state index in [2.05, 4.69) is 17.0 Å². The Balaban J connectivity index is 1.55. The van der Waals surface area contributed by atoms with Crippen LogP contribution in [0.1, 0.15) is 65.2 Å². The first-order valence-corrected chi connectivity index (χ1v) is 12.2. The first-order valence-electron chi connectivity index (χ1n) is 10.7. The van der Waals surface area contributed by atoms with Gasteiger partial charge in [0, 0.05) is 18.7 Å². The molecule has 4 saturated carbocycles. The summed E-state index contributed by atoms with van der Waals surface area (Å²) < 4.78 is 29.4. The Labute approximate surface area is 168 Å². The van der Waals surface area contributed by atoms with Gasteiger partial charge in [-0.05, 0) is 92.4 Å². The zero-order valence-corrected chi connectivity index (χ0v) is 17.7. The van der Waals surface area contributed by atoms with Crippen molar-refractivity contribution in [3.63, 3.8) is 0 Å². The summed E-state index contributed by atoms with van der Waals surface area (Å²) in [6.07, 6.45) is 9.51. The van der Waals surface area contributed by atoms with Crippen molar-refractivity contribution >= 4 is 21.6 Å². The average molecular weight is 405 g/mol. The molecule has 4 aliphatic rings. The van der Waals surface area contributed by atoms with Crippen LogP contribution in [0.4, 0.5) is 5.69 Å². The molecule has 0 radical (unpaired) electrons. The molecule has 5 nitrogen and oxygen atoms in total. The number of anilines is 1. The van der Waals surface area contributed by atoms with Crippen LogP contribution in [0.5, 0.6) is 0 Å². The lowest BCUT2D eigenvalue weighted by molar-refractivity contribution is -0.114. The third-order valence-electron chi connectivity index (χ3n) is 7.18. The normalized spacial score (nSPS) is 32.3.